The van der Waals surface area contributed by atoms with Crippen molar-refractivity contribution in [3.05, 3.63) is 59.7 Å². The number of fused-ring (bicyclic) bond motifs is 3. The first-order valence-electron chi connectivity index (χ1n) is 11.0. The Morgan fingerprint density at radius 2 is 1.64 bits per heavy atom. The topological polar surface area (TPSA) is 116 Å². The van der Waals surface area contributed by atoms with E-state index < -0.39 is 24.0 Å². The zero-order chi connectivity index (χ0) is 24.0. The molecule has 0 aromatic heterocycles. The molecule has 0 fully saturated rings. The summed E-state index contributed by atoms with van der Waals surface area (Å²) in [5, 5.41) is 20.8. The number of ether oxygens (including phenoxy) is 1. The smallest absolute Gasteiger partial charge is 0.407 e. The van der Waals surface area contributed by atoms with Crippen molar-refractivity contribution in [2.24, 2.45) is 5.92 Å². The van der Waals surface area contributed by atoms with Crippen LogP contribution < -0.4 is 5.32 Å². The van der Waals surface area contributed by atoms with Crippen molar-refractivity contribution < 1.29 is 29.3 Å². The summed E-state index contributed by atoms with van der Waals surface area (Å²) in [5.41, 5.74) is 4.36. The van der Waals surface area contributed by atoms with E-state index in [-0.39, 0.29) is 44.4 Å². The predicted octanol–water partition coefficient (Wildman–Crippen LogP) is 2.85. The highest BCUT2D eigenvalue weighted by Crippen LogP contribution is 2.44. The molecule has 3 N–H and O–H groups in total. The van der Waals surface area contributed by atoms with Crippen molar-refractivity contribution in [3.63, 3.8) is 0 Å². The number of carboxylic acid groups (broad SMARTS) is 1. The predicted molar refractivity (Wildman–Crippen MR) is 123 cm³/mol. The van der Waals surface area contributed by atoms with E-state index in [1.54, 1.807) is 14.0 Å². The highest BCUT2D eigenvalue weighted by atomic mass is 16.5. The third kappa shape index (κ3) is 5.90. The highest BCUT2D eigenvalue weighted by molar-refractivity contribution is 5.86. The van der Waals surface area contributed by atoms with Gasteiger partial charge in [0.05, 0.1) is 0 Å². The van der Waals surface area contributed by atoms with Gasteiger partial charge < -0.3 is 25.2 Å². The molecule has 0 spiro atoms. The number of nitrogens with zero attached hydrogens (tertiary/aromatic N) is 1. The van der Waals surface area contributed by atoms with Crippen molar-refractivity contribution >= 4 is 18.0 Å². The maximum absolute atomic E-state index is 12.8. The molecule has 1 aliphatic carbocycles. The van der Waals surface area contributed by atoms with Crippen LogP contribution in [0.2, 0.25) is 0 Å². The summed E-state index contributed by atoms with van der Waals surface area (Å²) < 4.78 is 5.50. The van der Waals surface area contributed by atoms with Gasteiger partial charge in [-0.3, -0.25) is 9.59 Å². The average molecular weight is 455 g/mol. The summed E-state index contributed by atoms with van der Waals surface area (Å²) >= 11 is 0. The van der Waals surface area contributed by atoms with Crippen LogP contribution in [0.25, 0.3) is 11.1 Å². The molecule has 1 aliphatic rings. The molecule has 0 aliphatic heterocycles. The second kappa shape index (κ2) is 11.0. The van der Waals surface area contributed by atoms with E-state index in [1.165, 1.54) is 4.90 Å². The van der Waals surface area contributed by atoms with Crippen LogP contribution in [-0.2, 0) is 14.3 Å². The number of aliphatic carboxylic acids is 1. The van der Waals surface area contributed by atoms with Crippen LogP contribution in [0.4, 0.5) is 4.79 Å². The minimum atomic E-state index is -1.06. The molecule has 8 heteroatoms. The fourth-order valence-corrected chi connectivity index (χ4v) is 4.19. The zero-order valence-corrected chi connectivity index (χ0v) is 18.9. The molecule has 2 amide bonds. The van der Waals surface area contributed by atoms with Crippen LogP contribution in [0.1, 0.15) is 36.8 Å². The Balaban J connectivity index is 1.66. The van der Waals surface area contributed by atoms with E-state index in [9.17, 15) is 19.5 Å². The van der Waals surface area contributed by atoms with Gasteiger partial charge in [-0.2, -0.15) is 0 Å². The molecular formula is C25H30N2O6. The SMILES string of the molecule is CC(CO)CN(C)C(=O)C(CCC(=O)O)NC(=O)OCC1c2ccccc2-c2ccccc21. The molecule has 3 rings (SSSR count). The Morgan fingerprint density at radius 1 is 1.06 bits per heavy atom. The van der Waals surface area contributed by atoms with Crippen LogP contribution in [0, 0.1) is 5.92 Å². The van der Waals surface area contributed by atoms with Crippen molar-refractivity contribution in [2.45, 2.75) is 31.7 Å². The lowest BCUT2D eigenvalue weighted by molar-refractivity contribution is -0.138. The number of hydrogen-bond acceptors (Lipinski definition) is 5. The summed E-state index contributed by atoms with van der Waals surface area (Å²) in [7, 11) is 1.56. The quantitative estimate of drug-likeness (QED) is 0.508. The highest BCUT2D eigenvalue weighted by Gasteiger charge is 2.30. The second-order valence-corrected chi connectivity index (χ2v) is 8.46. The number of carbonyl (C=O) groups excluding carboxylic acids is 2. The van der Waals surface area contributed by atoms with Crippen LogP contribution in [-0.4, -0.2) is 65.9 Å². The van der Waals surface area contributed by atoms with E-state index in [1.807, 2.05) is 48.5 Å². The molecule has 33 heavy (non-hydrogen) atoms. The lowest BCUT2D eigenvalue weighted by Gasteiger charge is -2.26. The minimum absolute atomic E-state index is 0.0593. The number of alkyl carbamates (subject to hydrolysis) is 1. The third-order valence-corrected chi connectivity index (χ3v) is 5.85. The Hall–Kier alpha value is -3.39. The molecular weight excluding hydrogens is 424 g/mol. The van der Waals surface area contributed by atoms with Gasteiger partial charge in [0, 0.05) is 32.5 Å². The fourth-order valence-electron chi connectivity index (χ4n) is 4.19. The molecule has 0 radical (unpaired) electrons. The number of carboxylic acids is 1. The maximum Gasteiger partial charge on any atom is 0.407 e. The van der Waals surface area contributed by atoms with Gasteiger partial charge in [0.1, 0.15) is 12.6 Å². The third-order valence-electron chi connectivity index (χ3n) is 5.85. The number of carbonyl (C=O) groups is 3. The van der Waals surface area contributed by atoms with Gasteiger partial charge in [-0.05, 0) is 34.6 Å². The number of aliphatic hydroxyl groups excluding tert-OH is 1. The Labute approximate surface area is 193 Å². The van der Waals surface area contributed by atoms with E-state index in [2.05, 4.69) is 5.32 Å². The molecule has 2 unspecified atom stereocenters. The number of benzene rings is 2. The Morgan fingerprint density at radius 3 is 2.18 bits per heavy atom. The van der Waals surface area contributed by atoms with Gasteiger partial charge in [0.25, 0.3) is 0 Å². The van der Waals surface area contributed by atoms with Crippen molar-refractivity contribution in [3.8, 4) is 11.1 Å². The largest absolute Gasteiger partial charge is 0.481 e. The average Bonchev–Trinajstić information content (AvgIpc) is 3.13. The summed E-state index contributed by atoms with van der Waals surface area (Å²) in [6.45, 7) is 2.08. The summed E-state index contributed by atoms with van der Waals surface area (Å²) in [6.07, 6.45) is -1.11. The second-order valence-electron chi connectivity index (χ2n) is 8.46. The molecule has 2 aromatic carbocycles. The fraction of sp³-hybridized carbons (Fsp3) is 0.400. The van der Waals surface area contributed by atoms with Crippen LogP contribution >= 0.6 is 0 Å². The van der Waals surface area contributed by atoms with Gasteiger partial charge in [-0.15, -0.1) is 0 Å². The van der Waals surface area contributed by atoms with Gasteiger partial charge >= 0.3 is 12.1 Å². The van der Waals surface area contributed by atoms with Gasteiger partial charge in [0.2, 0.25) is 5.91 Å². The van der Waals surface area contributed by atoms with E-state index in [0.717, 1.165) is 22.3 Å². The lowest BCUT2D eigenvalue weighted by atomic mass is 9.98. The van der Waals surface area contributed by atoms with E-state index in [4.69, 9.17) is 9.84 Å². The van der Waals surface area contributed by atoms with Crippen LogP contribution in [0.5, 0.6) is 0 Å². The van der Waals surface area contributed by atoms with E-state index in [0.29, 0.717) is 0 Å². The van der Waals surface area contributed by atoms with Crippen molar-refractivity contribution in [1.82, 2.24) is 10.2 Å². The molecule has 0 bridgehead atoms. The summed E-state index contributed by atoms with van der Waals surface area (Å²) in [5.74, 6) is -1.75. The molecule has 2 aromatic rings. The molecule has 8 nitrogen and oxygen atoms in total. The minimum Gasteiger partial charge on any atom is -0.481 e. The lowest BCUT2D eigenvalue weighted by Crippen LogP contribution is -2.49. The summed E-state index contributed by atoms with van der Waals surface area (Å²) in [4.78, 5) is 37.8. The van der Waals surface area contributed by atoms with Crippen LogP contribution in [0.15, 0.2) is 48.5 Å². The van der Waals surface area contributed by atoms with Gasteiger partial charge in [0.15, 0.2) is 0 Å². The molecule has 176 valence electrons. The standard InChI is InChI=1S/C25H30N2O6/c1-16(14-28)13-27(2)24(31)22(11-12-23(29)30)26-25(32)33-15-21-19-9-5-3-7-17(19)18-8-4-6-10-20(18)21/h3-10,16,21-22,28H,11-15H2,1-2H3,(H,26,32)(H,29,30). The van der Waals surface area contributed by atoms with Gasteiger partial charge in [-0.1, -0.05) is 55.5 Å². The molecule has 2 atom stereocenters. The van der Waals surface area contributed by atoms with Crippen LogP contribution in [0.3, 0.4) is 0 Å². The number of amides is 2. The van der Waals surface area contributed by atoms with Crippen molar-refractivity contribution in [2.75, 3.05) is 26.8 Å². The number of hydrogen-bond donors (Lipinski definition) is 3. The molecule has 0 saturated heterocycles. The van der Waals surface area contributed by atoms with E-state index >= 15 is 0 Å². The first-order chi connectivity index (χ1) is 15.8. The first-order valence-corrected chi connectivity index (χ1v) is 11.0. The number of rotatable bonds is 10. The number of nitrogens with one attached hydrogen (secondary N) is 1. The first kappa shape index (κ1) is 24.3. The van der Waals surface area contributed by atoms with Gasteiger partial charge in [-0.25, -0.2) is 4.79 Å². The summed E-state index contributed by atoms with van der Waals surface area (Å²) in [6, 6.07) is 14.9. The zero-order valence-electron chi connectivity index (χ0n) is 18.9. The van der Waals surface area contributed by atoms with Crippen molar-refractivity contribution in [1.29, 1.82) is 0 Å². The number of likely N-dealkylation sites (N-methyl/N-ethyl adjacent to an activating group) is 1. The normalized spacial score (nSPS) is 14.0. The monoisotopic (exact) mass is 454 g/mol. The molecule has 0 heterocycles. The number of aliphatic hydroxyl groups is 1. The Bertz CT molecular complexity index is 962. The Kier molecular flexibility index (Phi) is 8.06. The molecule has 0 saturated carbocycles. The maximum atomic E-state index is 12.8.